The van der Waals surface area contributed by atoms with E-state index in [0.717, 1.165) is 28.6 Å². The Hall–Kier alpha value is -3.55. The molecule has 1 saturated heterocycles. The first kappa shape index (κ1) is 28.5. The summed E-state index contributed by atoms with van der Waals surface area (Å²) in [7, 11) is 1.12. The van der Waals surface area contributed by atoms with Crippen molar-refractivity contribution in [3.63, 3.8) is 0 Å². The van der Waals surface area contributed by atoms with Gasteiger partial charge < -0.3 is 24.1 Å². The van der Waals surface area contributed by atoms with E-state index in [2.05, 4.69) is 95.3 Å². The molecule has 0 spiro atoms. The molecule has 0 aromatic heterocycles. The number of carboxylic acid groups (broad SMARTS) is 1. The van der Waals surface area contributed by atoms with Gasteiger partial charge in [0.15, 0.2) is 0 Å². The third-order valence-electron chi connectivity index (χ3n) is 7.67. The molecule has 3 aromatic carbocycles. The summed E-state index contributed by atoms with van der Waals surface area (Å²) in [6, 6.07) is 26.9. The Morgan fingerprint density at radius 2 is 1.38 bits per heavy atom. The zero-order valence-corrected chi connectivity index (χ0v) is 23.7. The largest absolute Gasteiger partial charge is 0.494 e. The van der Waals surface area contributed by atoms with E-state index in [0.29, 0.717) is 12.3 Å². The Bertz CT molecular complexity index is 1280. The number of rotatable bonds is 9. The van der Waals surface area contributed by atoms with Crippen LogP contribution in [0.1, 0.15) is 57.7 Å². The van der Waals surface area contributed by atoms with Crippen molar-refractivity contribution in [1.29, 1.82) is 0 Å². The van der Waals surface area contributed by atoms with Gasteiger partial charge in [0.1, 0.15) is 12.4 Å². The van der Waals surface area contributed by atoms with Crippen LogP contribution < -0.4 is 10.2 Å². The van der Waals surface area contributed by atoms with Gasteiger partial charge in [-0.25, -0.2) is 4.79 Å². The van der Waals surface area contributed by atoms with Crippen LogP contribution in [-0.4, -0.2) is 54.6 Å². The molecule has 0 aliphatic carbocycles. The van der Waals surface area contributed by atoms with Gasteiger partial charge in [-0.05, 0) is 79.5 Å². The topological polar surface area (TPSA) is 68.2 Å². The van der Waals surface area contributed by atoms with E-state index in [1.165, 1.54) is 23.1 Å². The molecule has 204 valence electrons. The van der Waals surface area contributed by atoms with Gasteiger partial charge in [-0.2, -0.15) is 0 Å². The lowest BCUT2D eigenvalue weighted by Crippen LogP contribution is -2.41. The van der Waals surface area contributed by atoms with Crippen molar-refractivity contribution in [1.82, 2.24) is 4.90 Å². The summed E-state index contributed by atoms with van der Waals surface area (Å²) < 4.78 is 18.3. The van der Waals surface area contributed by atoms with Gasteiger partial charge in [0.25, 0.3) is 0 Å². The van der Waals surface area contributed by atoms with Crippen molar-refractivity contribution >= 4 is 29.8 Å². The van der Waals surface area contributed by atoms with E-state index in [-0.39, 0.29) is 6.61 Å². The standard InChI is InChI=1S/C32H38BNO5/c1-7-28(23-11-9-8-10-12-23)29(25-15-19-27(20-16-25)37-22-21-34(6)30(35)36)24-13-17-26(18-14-24)33-38-31(2,3)32(4,5)39-33/h8-20H,7,21-22H2,1-6H3,(H,35,36). The summed E-state index contributed by atoms with van der Waals surface area (Å²) in [6.45, 7) is 11.0. The van der Waals surface area contributed by atoms with Gasteiger partial charge in [-0.15, -0.1) is 0 Å². The van der Waals surface area contributed by atoms with Crippen molar-refractivity contribution in [2.45, 2.75) is 52.2 Å². The fraction of sp³-hybridized carbons (Fsp3) is 0.344. The number of likely N-dealkylation sites (N-methyl/N-ethyl adjacent to an activating group) is 1. The second-order valence-corrected chi connectivity index (χ2v) is 10.9. The molecule has 6 nitrogen and oxygen atoms in total. The van der Waals surface area contributed by atoms with Crippen LogP contribution in [0.4, 0.5) is 4.79 Å². The predicted octanol–water partition coefficient (Wildman–Crippen LogP) is 6.34. The minimum atomic E-state index is -0.971. The molecule has 0 unspecified atom stereocenters. The Labute approximate surface area is 232 Å². The van der Waals surface area contributed by atoms with Crippen LogP contribution >= 0.6 is 0 Å². The second kappa shape index (κ2) is 11.7. The molecule has 0 saturated carbocycles. The Morgan fingerprint density at radius 3 is 1.90 bits per heavy atom. The maximum atomic E-state index is 11.0. The zero-order valence-electron chi connectivity index (χ0n) is 23.7. The lowest BCUT2D eigenvalue weighted by atomic mass is 9.78. The molecule has 7 heteroatoms. The van der Waals surface area contributed by atoms with Crippen LogP contribution in [0.15, 0.2) is 78.9 Å². The molecule has 1 N–H and O–H groups in total. The lowest BCUT2D eigenvalue weighted by Gasteiger charge is -2.32. The first-order valence-electron chi connectivity index (χ1n) is 13.4. The molecule has 1 aliphatic heterocycles. The SMILES string of the molecule is CCC(=C(c1ccc(OCCN(C)C(=O)O)cc1)c1ccc(B2OC(C)(C)C(C)(C)O2)cc1)c1ccccc1. The normalized spacial score (nSPS) is 16.5. The molecular formula is C32H38BNO5. The molecule has 39 heavy (non-hydrogen) atoms. The first-order chi connectivity index (χ1) is 18.5. The van der Waals surface area contributed by atoms with E-state index in [1.54, 1.807) is 0 Å². The monoisotopic (exact) mass is 527 g/mol. The predicted molar refractivity (Wildman–Crippen MR) is 157 cm³/mol. The number of allylic oxidation sites excluding steroid dienone is 1. The fourth-order valence-corrected chi connectivity index (χ4v) is 4.58. The summed E-state index contributed by atoms with van der Waals surface area (Å²) >= 11 is 0. The average Bonchev–Trinajstić information content (AvgIpc) is 3.14. The van der Waals surface area contributed by atoms with Crippen molar-refractivity contribution in [3.8, 4) is 5.75 Å². The molecule has 1 fully saturated rings. The van der Waals surface area contributed by atoms with E-state index in [4.69, 9.17) is 19.2 Å². The van der Waals surface area contributed by atoms with E-state index < -0.39 is 24.4 Å². The number of amides is 1. The van der Waals surface area contributed by atoms with Crippen LogP contribution in [-0.2, 0) is 9.31 Å². The number of ether oxygens (including phenoxy) is 1. The van der Waals surface area contributed by atoms with E-state index in [1.807, 2.05) is 18.2 Å². The average molecular weight is 527 g/mol. The van der Waals surface area contributed by atoms with Gasteiger partial charge in [0, 0.05) is 7.05 Å². The van der Waals surface area contributed by atoms with E-state index in [9.17, 15) is 4.79 Å². The van der Waals surface area contributed by atoms with Crippen molar-refractivity contribution in [3.05, 3.63) is 95.6 Å². The van der Waals surface area contributed by atoms with Crippen LogP contribution in [0.5, 0.6) is 5.75 Å². The van der Waals surface area contributed by atoms with Crippen LogP contribution in [0.3, 0.4) is 0 Å². The van der Waals surface area contributed by atoms with Gasteiger partial charge in [0.2, 0.25) is 0 Å². The number of nitrogens with zero attached hydrogens (tertiary/aromatic N) is 1. The Balaban J connectivity index is 1.65. The second-order valence-electron chi connectivity index (χ2n) is 10.9. The van der Waals surface area contributed by atoms with Crippen molar-refractivity contribution in [2.75, 3.05) is 20.2 Å². The van der Waals surface area contributed by atoms with Gasteiger partial charge in [0.05, 0.1) is 17.7 Å². The maximum absolute atomic E-state index is 11.0. The zero-order chi connectivity index (χ0) is 28.2. The molecule has 1 heterocycles. The Morgan fingerprint density at radius 1 is 0.846 bits per heavy atom. The van der Waals surface area contributed by atoms with Gasteiger partial charge in [-0.3, -0.25) is 0 Å². The quantitative estimate of drug-likeness (QED) is 0.260. The molecule has 1 aliphatic rings. The summed E-state index contributed by atoms with van der Waals surface area (Å²) in [5.74, 6) is 0.700. The molecule has 0 atom stereocenters. The highest BCUT2D eigenvalue weighted by atomic mass is 16.7. The highest BCUT2D eigenvalue weighted by Crippen LogP contribution is 2.37. The molecule has 3 aromatic rings. The smallest absolute Gasteiger partial charge is 0.492 e. The van der Waals surface area contributed by atoms with Crippen LogP contribution in [0.2, 0.25) is 0 Å². The number of benzene rings is 3. The number of hydrogen-bond acceptors (Lipinski definition) is 4. The summed E-state index contributed by atoms with van der Waals surface area (Å²) in [4.78, 5) is 12.2. The fourth-order valence-electron chi connectivity index (χ4n) is 4.58. The lowest BCUT2D eigenvalue weighted by molar-refractivity contribution is 0.00578. The molecule has 4 rings (SSSR count). The number of hydrogen-bond donors (Lipinski definition) is 1. The van der Waals surface area contributed by atoms with Gasteiger partial charge >= 0.3 is 13.2 Å². The third kappa shape index (κ3) is 6.37. The van der Waals surface area contributed by atoms with Crippen LogP contribution in [0, 0.1) is 0 Å². The minimum absolute atomic E-state index is 0.287. The number of carbonyl (C=O) groups is 1. The van der Waals surface area contributed by atoms with E-state index >= 15 is 0 Å². The minimum Gasteiger partial charge on any atom is -0.492 e. The molecule has 1 amide bonds. The Kier molecular flexibility index (Phi) is 8.53. The summed E-state index contributed by atoms with van der Waals surface area (Å²) in [6.07, 6.45) is -0.112. The molecular weight excluding hydrogens is 489 g/mol. The summed E-state index contributed by atoms with van der Waals surface area (Å²) in [5.41, 5.74) is 5.97. The van der Waals surface area contributed by atoms with Crippen molar-refractivity contribution < 1.29 is 23.9 Å². The van der Waals surface area contributed by atoms with Crippen LogP contribution in [0.25, 0.3) is 11.1 Å². The third-order valence-corrected chi connectivity index (χ3v) is 7.67. The molecule has 0 bridgehead atoms. The highest BCUT2D eigenvalue weighted by molar-refractivity contribution is 6.62. The van der Waals surface area contributed by atoms with Gasteiger partial charge in [-0.1, -0.05) is 73.7 Å². The van der Waals surface area contributed by atoms with Crippen molar-refractivity contribution in [2.24, 2.45) is 0 Å². The summed E-state index contributed by atoms with van der Waals surface area (Å²) in [5, 5.41) is 9.03. The maximum Gasteiger partial charge on any atom is 0.494 e. The molecule has 0 radical (unpaired) electrons. The first-order valence-corrected chi connectivity index (χ1v) is 13.4. The highest BCUT2D eigenvalue weighted by Gasteiger charge is 2.51.